The highest BCUT2D eigenvalue weighted by Crippen LogP contribution is 2.36. The maximum absolute atomic E-state index is 6.04. The number of aryl methyl sites for hydroxylation is 2. The van der Waals surface area contributed by atoms with Gasteiger partial charge < -0.3 is 10.1 Å². The lowest BCUT2D eigenvalue weighted by molar-refractivity contribution is 0.0171. The van der Waals surface area contributed by atoms with Crippen molar-refractivity contribution in [2.24, 2.45) is 13.0 Å². The predicted octanol–water partition coefficient (Wildman–Crippen LogP) is 2.54. The summed E-state index contributed by atoms with van der Waals surface area (Å²) >= 11 is 0. The zero-order valence-electron chi connectivity index (χ0n) is 13.1. The first-order valence-electron chi connectivity index (χ1n) is 8.07. The van der Waals surface area contributed by atoms with Crippen LogP contribution in [0, 0.1) is 5.92 Å². The number of hydrogen-bond donors (Lipinski definition) is 1. The van der Waals surface area contributed by atoms with Crippen LogP contribution in [0.3, 0.4) is 0 Å². The van der Waals surface area contributed by atoms with Gasteiger partial charge in [0.05, 0.1) is 12.3 Å². The molecule has 1 aliphatic carbocycles. The summed E-state index contributed by atoms with van der Waals surface area (Å²) in [7, 11) is 1.98. The zero-order chi connectivity index (χ0) is 14.4. The molecule has 4 heteroatoms. The summed E-state index contributed by atoms with van der Waals surface area (Å²) in [5.74, 6) is 0.776. The van der Waals surface area contributed by atoms with E-state index in [2.05, 4.69) is 30.5 Å². The zero-order valence-corrected chi connectivity index (χ0v) is 13.1. The van der Waals surface area contributed by atoms with E-state index in [9.17, 15) is 0 Å². The summed E-state index contributed by atoms with van der Waals surface area (Å²) in [5.41, 5.74) is 1.32. The van der Waals surface area contributed by atoms with Crippen LogP contribution in [0.1, 0.15) is 45.1 Å². The number of hydrogen-bond acceptors (Lipinski definition) is 3. The van der Waals surface area contributed by atoms with Crippen LogP contribution in [0.2, 0.25) is 0 Å². The Balaban J connectivity index is 1.90. The van der Waals surface area contributed by atoms with Crippen molar-refractivity contribution < 1.29 is 4.74 Å². The Hall–Kier alpha value is -0.870. The van der Waals surface area contributed by atoms with Gasteiger partial charge in [-0.1, -0.05) is 6.92 Å². The maximum atomic E-state index is 6.04. The topological polar surface area (TPSA) is 39.1 Å². The third-order valence-corrected chi connectivity index (χ3v) is 4.00. The van der Waals surface area contributed by atoms with Gasteiger partial charge in [0.15, 0.2) is 0 Å². The summed E-state index contributed by atoms with van der Waals surface area (Å²) in [5, 5.41) is 7.95. The highest BCUT2D eigenvalue weighted by Gasteiger charge is 2.36. The number of rotatable bonds is 10. The van der Waals surface area contributed by atoms with Gasteiger partial charge in [0, 0.05) is 25.9 Å². The SMILES string of the molecule is CCCNC(CCc1cnn(C)c1)C(OCC)C1CC1. The van der Waals surface area contributed by atoms with Crippen molar-refractivity contribution >= 4 is 0 Å². The molecule has 0 saturated heterocycles. The minimum Gasteiger partial charge on any atom is -0.377 e. The van der Waals surface area contributed by atoms with E-state index in [4.69, 9.17) is 4.74 Å². The van der Waals surface area contributed by atoms with Gasteiger partial charge in [0.25, 0.3) is 0 Å². The molecule has 114 valence electrons. The molecule has 1 N–H and O–H groups in total. The number of aromatic nitrogens is 2. The highest BCUT2D eigenvalue weighted by molar-refractivity contribution is 5.05. The summed E-state index contributed by atoms with van der Waals surface area (Å²) < 4.78 is 7.92. The van der Waals surface area contributed by atoms with E-state index in [0.717, 1.165) is 31.9 Å². The fourth-order valence-electron chi connectivity index (χ4n) is 2.83. The van der Waals surface area contributed by atoms with Crippen molar-refractivity contribution in [3.63, 3.8) is 0 Å². The largest absolute Gasteiger partial charge is 0.377 e. The van der Waals surface area contributed by atoms with Gasteiger partial charge in [-0.15, -0.1) is 0 Å². The van der Waals surface area contributed by atoms with Crippen LogP contribution in [0.25, 0.3) is 0 Å². The maximum Gasteiger partial charge on any atom is 0.0756 e. The molecule has 4 nitrogen and oxygen atoms in total. The highest BCUT2D eigenvalue weighted by atomic mass is 16.5. The molecule has 0 amide bonds. The number of nitrogens with one attached hydrogen (secondary N) is 1. The first-order valence-corrected chi connectivity index (χ1v) is 8.07. The van der Waals surface area contributed by atoms with Crippen molar-refractivity contribution in [3.05, 3.63) is 18.0 Å². The van der Waals surface area contributed by atoms with E-state index < -0.39 is 0 Å². The van der Waals surface area contributed by atoms with Crippen LogP contribution in [-0.2, 0) is 18.2 Å². The molecule has 1 aliphatic rings. The summed E-state index contributed by atoms with van der Waals surface area (Å²) in [6, 6.07) is 0.475. The van der Waals surface area contributed by atoms with Crippen molar-refractivity contribution in [1.29, 1.82) is 0 Å². The summed E-state index contributed by atoms with van der Waals surface area (Å²) in [6.45, 7) is 6.22. The third kappa shape index (κ3) is 4.60. The Morgan fingerprint density at radius 2 is 2.25 bits per heavy atom. The lowest BCUT2D eigenvalue weighted by Gasteiger charge is -2.28. The van der Waals surface area contributed by atoms with E-state index in [1.165, 1.54) is 24.8 Å². The van der Waals surface area contributed by atoms with Gasteiger partial charge in [0.1, 0.15) is 0 Å². The minimum atomic E-state index is 0.392. The molecular formula is C16H29N3O. The number of nitrogens with zero attached hydrogens (tertiary/aromatic N) is 2. The second-order valence-corrected chi connectivity index (χ2v) is 5.88. The van der Waals surface area contributed by atoms with Crippen LogP contribution < -0.4 is 5.32 Å². The fourth-order valence-corrected chi connectivity index (χ4v) is 2.83. The van der Waals surface area contributed by atoms with Crippen LogP contribution >= 0.6 is 0 Å². The molecule has 0 spiro atoms. The molecule has 1 aromatic rings. The quantitative estimate of drug-likeness (QED) is 0.715. The third-order valence-electron chi connectivity index (χ3n) is 4.00. The Morgan fingerprint density at radius 3 is 2.80 bits per heavy atom. The van der Waals surface area contributed by atoms with E-state index in [1.807, 2.05) is 17.9 Å². The first-order chi connectivity index (χ1) is 9.74. The van der Waals surface area contributed by atoms with Crippen LogP contribution in [-0.4, -0.2) is 35.1 Å². The Kier molecular flexibility index (Phi) is 6.05. The number of ether oxygens (including phenoxy) is 1. The molecule has 1 saturated carbocycles. The molecule has 1 fully saturated rings. The first kappa shape index (κ1) is 15.5. The minimum absolute atomic E-state index is 0.392. The molecule has 0 aromatic carbocycles. The predicted molar refractivity (Wildman–Crippen MR) is 81.7 cm³/mol. The molecule has 1 aromatic heterocycles. The van der Waals surface area contributed by atoms with Crippen LogP contribution in [0.5, 0.6) is 0 Å². The van der Waals surface area contributed by atoms with Gasteiger partial charge in [-0.3, -0.25) is 4.68 Å². The Bertz CT molecular complexity index is 387. The van der Waals surface area contributed by atoms with E-state index in [-0.39, 0.29) is 0 Å². The lowest BCUT2D eigenvalue weighted by atomic mass is 9.99. The monoisotopic (exact) mass is 279 g/mol. The molecule has 2 atom stereocenters. The van der Waals surface area contributed by atoms with Crippen LogP contribution in [0.4, 0.5) is 0 Å². The Morgan fingerprint density at radius 1 is 1.45 bits per heavy atom. The van der Waals surface area contributed by atoms with E-state index in [1.54, 1.807) is 0 Å². The smallest absolute Gasteiger partial charge is 0.0756 e. The van der Waals surface area contributed by atoms with Gasteiger partial charge >= 0.3 is 0 Å². The second kappa shape index (κ2) is 7.79. The standard InChI is InChI=1S/C16H29N3O/c1-4-10-17-15(16(20-5-2)14-7-8-14)9-6-13-11-18-19(3)12-13/h11-12,14-17H,4-10H2,1-3H3. The van der Waals surface area contributed by atoms with E-state index in [0.29, 0.717) is 12.1 Å². The molecule has 0 aliphatic heterocycles. The van der Waals surface area contributed by atoms with E-state index >= 15 is 0 Å². The summed E-state index contributed by atoms with van der Waals surface area (Å²) in [4.78, 5) is 0. The van der Waals surface area contributed by atoms with Gasteiger partial charge in [-0.05, 0) is 57.1 Å². The average molecular weight is 279 g/mol. The average Bonchev–Trinajstić information content (AvgIpc) is 3.20. The lowest BCUT2D eigenvalue weighted by Crippen LogP contribution is -2.43. The van der Waals surface area contributed by atoms with Gasteiger partial charge in [-0.2, -0.15) is 5.10 Å². The molecule has 0 radical (unpaired) electrons. The molecule has 0 bridgehead atoms. The van der Waals surface area contributed by atoms with Crippen molar-refractivity contribution in [3.8, 4) is 0 Å². The van der Waals surface area contributed by atoms with Crippen molar-refractivity contribution in [2.75, 3.05) is 13.2 Å². The Labute approximate surface area is 122 Å². The van der Waals surface area contributed by atoms with Crippen LogP contribution in [0.15, 0.2) is 12.4 Å². The van der Waals surface area contributed by atoms with Gasteiger partial charge in [0.2, 0.25) is 0 Å². The molecule has 1 heterocycles. The molecule has 20 heavy (non-hydrogen) atoms. The molecular weight excluding hydrogens is 250 g/mol. The van der Waals surface area contributed by atoms with Gasteiger partial charge in [-0.25, -0.2) is 0 Å². The van der Waals surface area contributed by atoms with Crippen molar-refractivity contribution in [1.82, 2.24) is 15.1 Å². The summed E-state index contributed by atoms with van der Waals surface area (Å²) in [6.07, 6.45) is 10.5. The normalized spacial score (nSPS) is 18.1. The molecule has 2 unspecified atom stereocenters. The van der Waals surface area contributed by atoms with Crippen molar-refractivity contribution in [2.45, 2.75) is 58.1 Å². The fraction of sp³-hybridized carbons (Fsp3) is 0.812. The molecule has 2 rings (SSSR count). The second-order valence-electron chi connectivity index (χ2n) is 5.88.